The molecular weight excluding hydrogens is 425 g/mol. The van der Waals surface area contributed by atoms with Gasteiger partial charge in [-0.05, 0) is 37.3 Å². The molecule has 3 atom stereocenters. The van der Waals surface area contributed by atoms with Crippen molar-refractivity contribution in [2.45, 2.75) is 62.9 Å². The summed E-state index contributed by atoms with van der Waals surface area (Å²) in [6.45, 7) is -0.0162. The molecule has 7 nitrogen and oxygen atoms in total. The van der Waals surface area contributed by atoms with Gasteiger partial charge in [0, 0.05) is 24.6 Å². The Morgan fingerprint density at radius 1 is 1.06 bits per heavy atom. The third-order valence-corrected chi connectivity index (χ3v) is 6.13. The Morgan fingerprint density at radius 3 is 2.45 bits per heavy atom. The van der Waals surface area contributed by atoms with E-state index in [9.17, 15) is 23.9 Å². The number of nitrogens with zero attached hydrogens (tertiary/aromatic N) is 1. The van der Waals surface area contributed by atoms with E-state index in [4.69, 9.17) is 0 Å². The summed E-state index contributed by atoms with van der Waals surface area (Å²) in [5.74, 6) is -1.66. The molecule has 0 bridgehead atoms. The molecule has 1 aliphatic heterocycles. The first-order valence-corrected chi connectivity index (χ1v) is 11.3. The molecule has 3 N–H and O–H groups in total. The predicted octanol–water partition coefficient (Wildman–Crippen LogP) is 1.68. The van der Waals surface area contributed by atoms with Crippen molar-refractivity contribution < 1.29 is 23.9 Å². The highest BCUT2D eigenvalue weighted by molar-refractivity contribution is 5.91. The molecule has 8 heteroatoms. The van der Waals surface area contributed by atoms with Gasteiger partial charge in [0.05, 0.1) is 6.04 Å². The van der Waals surface area contributed by atoms with Crippen LogP contribution in [0.5, 0.6) is 0 Å². The molecule has 0 aromatic heterocycles. The number of nitrogens with one attached hydrogen (secondary N) is 2. The zero-order valence-corrected chi connectivity index (χ0v) is 18.2. The minimum Gasteiger partial charge on any atom is -0.381 e. The van der Waals surface area contributed by atoms with Crippen LogP contribution in [0.15, 0.2) is 54.6 Å². The van der Waals surface area contributed by atoms with Gasteiger partial charge in [-0.25, -0.2) is 4.39 Å². The number of halogens is 1. The summed E-state index contributed by atoms with van der Waals surface area (Å²) in [4.78, 5) is 39.5. The highest BCUT2D eigenvalue weighted by Gasteiger charge is 2.39. The monoisotopic (exact) mass is 453 g/mol. The van der Waals surface area contributed by atoms with Crippen LogP contribution in [0.3, 0.4) is 0 Å². The first-order chi connectivity index (χ1) is 15.9. The van der Waals surface area contributed by atoms with E-state index >= 15 is 0 Å². The van der Waals surface area contributed by atoms with Crippen molar-refractivity contribution in [2.24, 2.45) is 0 Å². The van der Waals surface area contributed by atoms with E-state index in [2.05, 4.69) is 10.6 Å². The van der Waals surface area contributed by atoms with Crippen molar-refractivity contribution in [1.82, 2.24) is 15.5 Å². The lowest BCUT2D eigenvalue weighted by atomic mass is 9.99. The second-order valence-corrected chi connectivity index (χ2v) is 8.70. The van der Waals surface area contributed by atoms with Gasteiger partial charge >= 0.3 is 0 Å². The smallest absolute Gasteiger partial charge is 0.251 e. The summed E-state index contributed by atoms with van der Waals surface area (Å²) in [5.41, 5.74) is 1.18. The second-order valence-electron chi connectivity index (χ2n) is 8.70. The molecule has 1 heterocycles. The van der Waals surface area contributed by atoms with Crippen LogP contribution >= 0.6 is 0 Å². The summed E-state index contributed by atoms with van der Waals surface area (Å²) in [6, 6.07) is 13.8. The van der Waals surface area contributed by atoms with E-state index in [0.29, 0.717) is 12.0 Å². The number of likely N-dealkylation sites (tertiary alicyclic amines) is 1. The fourth-order valence-electron chi connectivity index (χ4n) is 4.10. The van der Waals surface area contributed by atoms with E-state index in [0.717, 1.165) is 18.4 Å². The van der Waals surface area contributed by atoms with Gasteiger partial charge in [0.1, 0.15) is 11.9 Å². The molecule has 0 radical (unpaired) electrons. The van der Waals surface area contributed by atoms with Crippen LogP contribution in [0.25, 0.3) is 0 Å². The van der Waals surface area contributed by atoms with Crippen LogP contribution in [0, 0.1) is 5.82 Å². The van der Waals surface area contributed by atoms with E-state index in [-0.39, 0.29) is 31.3 Å². The maximum atomic E-state index is 14.1. The molecular formula is C25H28FN3O4. The first-order valence-electron chi connectivity index (χ1n) is 11.3. The van der Waals surface area contributed by atoms with Gasteiger partial charge in [-0.15, -0.1) is 0 Å². The van der Waals surface area contributed by atoms with Crippen molar-refractivity contribution in [3.63, 3.8) is 0 Å². The largest absolute Gasteiger partial charge is 0.381 e. The van der Waals surface area contributed by atoms with Gasteiger partial charge < -0.3 is 20.6 Å². The van der Waals surface area contributed by atoms with Crippen molar-refractivity contribution in [3.8, 4) is 0 Å². The lowest BCUT2D eigenvalue weighted by Crippen LogP contribution is -2.55. The molecule has 33 heavy (non-hydrogen) atoms. The first kappa shape index (κ1) is 22.9. The van der Waals surface area contributed by atoms with E-state index in [1.807, 2.05) is 30.3 Å². The Bertz CT molecular complexity index is 1010. The summed E-state index contributed by atoms with van der Waals surface area (Å²) < 4.78 is 14.1. The van der Waals surface area contributed by atoms with E-state index in [1.54, 1.807) is 18.2 Å². The highest BCUT2D eigenvalue weighted by atomic mass is 19.1. The number of rotatable bonds is 9. The third kappa shape index (κ3) is 5.76. The Morgan fingerprint density at radius 2 is 1.76 bits per heavy atom. The molecule has 4 rings (SSSR count). The number of hydrogen-bond acceptors (Lipinski definition) is 4. The summed E-state index contributed by atoms with van der Waals surface area (Å²) in [6.07, 6.45) is 1.04. The zero-order chi connectivity index (χ0) is 23.4. The molecule has 3 amide bonds. The second kappa shape index (κ2) is 10.1. The average molecular weight is 454 g/mol. The minimum absolute atomic E-state index is 0.0162. The van der Waals surface area contributed by atoms with Gasteiger partial charge in [0.2, 0.25) is 11.8 Å². The van der Waals surface area contributed by atoms with Crippen LogP contribution in [0.4, 0.5) is 4.39 Å². The number of aliphatic hydroxyl groups excluding tert-OH is 1. The number of hydrogen-bond donors (Lipinski definition) is 3. The van der Waals surface area contributed by atoms with Crippen LogP contribution in [0.2, 0.25) is 0 Å². The van der Waals surface area contributed by atoms with E-state index < -0.39 is 35.8 Å². The van der Waals surface area contributed by atoms with Gasteiger partial charge in [-0.2, -0.15) is 0 Å². The summed E-state index contributed by atoms with van der Waals surface area (Å²) >= 11 is 0. The lowest BCUT2D eigenvalue weighted by molar-refractivity contribution is -0.138. The number of carbonyl (C=O) groups excluding carboxylic acids is 3. The van der Waals surface area contributed by atoms with Crippen molar-refractivity contribution in [2.75, 3.05) is 0 Å². The van der Waals surface area contributed by atoms with Crippen LogP contribution in [-0.4, -0.2) is 52.0 Å². The Kier molecular flexibility index (Phi) is 7.03. The topological polar surface area (TPSA) is 98.7 Å². The minimum atomic E-state index is -1.44. The Labute approximate surface area is 192 Å². The molecule has 2 aromatic carbocycles. The van der Waals surface area contributed by atoms with Crippen LogP contribution < -0.4 is 10.6 Å². The molecule has 2 fully saturated rings. The van der Waals surface area contributed by atoms with Crippen LogP contribution in [0.1, 0.15) is 36.8 Å². The van der Waals surface area contributed by atoms with Gasteiger partial charge in [-0.1, -0.05) is 48.5 Å². The molecule has 1 saturated heterocycles. The standard InChI is InChI=1S/C25H28FN3O4/c26-19-9-5-4-8-17(19)15-29-21(12-13-22(29)30)24(32)28-20(14-16-6-2-1-3-7-16)23(31)25(33)27-18-10-11-18/h1-9,18,20-21,23,31H,10-15H2,(H,27,33)(H,28,32). The fourth-order valence-corrected chi connectivity index (χ4v) is 4.10. The third-order valence-electron chi connectivity index (χ3n) is 6.13. The Hall–Kier alpha value is -3.26. The summed E-state index contributed by atoms with van der Waals surface area (Å²) in [5, 5.41) is 16.3. The number of carbonyl (C=O) groups is 3. The zero-order valence-electron chi connectivity index (χ0n) is 18.2. The molecule has 174 valence electrons. The number of benzene rings is 2. The van der Waals surface area contributed by atoms with E-state index in [1.165, 1.54) is 11.0 Å². The van der Waals surface area contributed by atoms with Crippen molar-refractivity contribution in [1.29, 1.82) is 0 Å². The molecule has 1 aliphatic carbocycles. The normalized spacial score (nSPS) is 19.8. The number of aliphatic hydroxyl groups is 1. The molecule has 2 aromatic rings. The maximum Gasteiger partial charge on any atom is 0.251 e. The quantitative estimate of drug-likeness (QED) is 0.538. The van der Waals surface area contributed by atoms with Crippen molar-refractivity contribution >= 4 is 17.7 Å². The molecule has 2 aliphatic rings. The summed E-state index contributed by atoms with van der Waals surface area (Å²) in [7, 11) is 0. The highest BCUT2D eigenvalue weighted by Crippen LogP contribution is 2.23. The number of amides is 3. The lowest BCUT2D eigenvalue weighted by Gasteiger charge is -2.29. The average Bonchev–Trinajstić information content (AvgIpc) is 3.55. The van der Waals surface area contributed by atoms with Gasteiger partial charge in [0.15, 0.2) is 6.10 Å². The SMILES string of the molecule is O=C(NC1CC1)C(O)C(Cc1ccccc1)NC(=O)C1CCC(=O)N1Cc1ccccc1F. The molecule has 3 unspecified atom stereocenters. The molecule has 1 saturated carbocycles. The Balaban J connectivity index is 1.48. The predicted molar refractivity (Wildman–Crippen MR) is 119 cm³/mol. The fraction of sp³-hybridized carbons (Fsp3) is 0.400. The van der Waals surface area contributed by atoms with Crippen molar-refractivity contribution in [3.05, 3.63) is 71.5 Å². The maximum absolute atomic E-state index is 14.1. The van der Waals surface area contributed by atoms with Gasteiger partial charge in [0.25, 0.3) is 5.91 Å². The molecule has 0 spiro atoms. The van der Waals surface area contributed by atoms with Crippen LogP contribution in [-0.2, 0) is 27.3 Å². The van der Waals surface area contributed by atoms with Gasteiger partial charge in [-0.3, -0.25) is 14.4 Å².